The Balaban J connectivity index is 1.77. The van der Waals surface area contributed by atoms with Gasteiger partial charge in [-0.25, -0.2) is 0 Å². The van der Waals surface area contributed by atoms with E-state index in [0.717, 1.165) is 55.8 Å². The number of carbonyl (C=O) groups is 2. The third kappa shape index (κ3) is 5.08. The van der Waals surface area contributed by atoms with Gasteiger partial charge in [-0.15, -0.1) is 0 Å². The minimum Gasteiger partial charge on any atom is -0.336 e. The summed E-state index contributed by atoms with van der Waals surface area (Å²) in [5.41, 5.74) is 1.19. The number of rotatable bonds is 4. The highest BCUT2D eigenvalue weighted by Gasteiger charge is 2.26. The molecule has 0 unspecified atom stereocenters. The van der Waals surface area contributed by atoms with E-state index in [1.165, 1.54) is 6.42 Å². The van der Waals surface area contributed by atoms with Crippen LogP contribution in [0.15, 0.2) is 30.2 Å². The fourth-order valence-electron chi connectivity index (χ4n) is 3.32. The summed E-state index contributed by atoms with van der Waals surface area (Å²) >= 11 is 1.86. The van der Waals surface area contributed by atoms with Crippen molar-refractivity contribution in [1.82, 2.24) is 15.2 Å². The lowest BCUT2D eigenvalue weighted by Gasteiger charge is -2.28. The molecule has 0 bridgehead atoms. The van der Waals surface area contributed by atoms with E-state index in [4.69, 9.17) is 0 Å². The highest BCUT2D eigenvalue weighted by Crippen LogP contribution is 2.24. The Morgan fingerprint density at radius 1 is 1.20 bits per heavy atom. The van der Waals surface area contributed by atoms with Crippen molar-refractivity contribution in [2.75, 3.05) is 24.6 Å². The molecular formula is C19H25N3O2S. The number of aromatic nitrogens is 1. The van der Waals surface area contributed by atoms with Gasteiger partial charge in [0.1, 0.15) is 5.70 Å². The van der Waals surface area contributed by atoms with E-state index in [-0.39, 0.29) is 17.7 Å². The summed E-state index contributed by atoms with van der Waals surface area (Å²) in [4.78, 5) is 31.5. The van der Waals surface area contributed by atoms with Crippen molar-refractivity contribution in [2.24, 2.45) is 5.92 Å². The summed E-state index contributed by atoms with van der Waals surface area (Å²) in [5, 5.41) is 2.93. The van der Waals surface area contributed by atoms with Gasteiger partial charge in [0.25, 0.3) is 5.91 Å². The second-order valence-electron chi connectivity index (χ2n) is 6.57. The topological polar surface area (TPSA) is 62.3 Å². The molecule has 6 heteroatoms. The van der Waals surface area contributed by atoms with Crippen LogP contribution in [-0.4, -0.2) is 46.3 Å². The summed E-state index contributed by atoms with van der Waals surface area (Å²) in [5.74, 6) is 1.81. The summed E-state index contributed by atoms with van der Waals surface area (Å²) < 4.78 is 0. The third-order valence-corrected chi connectivity index (χ3v) is 5.70. The van der Waals surface area contributed by atoms with Gasteiger partial charge in [-0.05, 0) is 30.5 Å². The number of nitrogens with one attached hydrogen (secondary N) is 1. The molecule has 0 spiro atoms. The lowest BCUT2D eigenvalue weighted by atomic mass is 9.88. The van der Waals surface area contributed by atoms with Crippen LogP contribution < -0.4 is 5.32 Å². The summed E-state index contributed by atoms with van der Waals surface area (Å²) in [6.07, 6.45) is 10.4. The number of carbonyl (C=O) groups excluding carboxylic acids is 2. The Morgan fingerprint density at radius 2 is 1.96 bits per heavy atom. The van der Waals surface area contributed by atoms with E-state index in [2.05, 4.69) is 10.3 Å². The molecule has 1 aliphatic heterocycles. The average Bonchev–Trinajstić information content (AvgIpc) is 2.69. The first-order valence-corrected chi connectivity index (χ1v) is 10.2. The predicted molar refractivity (Wildman–Crippen MR) is 101 cm³/mol. The highest BCUT2D eigenvalue weighted by molar-refractivity contribution is 7.99. The minimum absolute atomic E-state index is 0.0189. The van der Waals surface area contributed by atoms with Crippen LogP contribution in [0.2, 0.25) is 0 Å². The maximum absolute atomic E-state index is 12.9. The van der Waals surface area contributed by atoms with E-state index in [0.29, 0.717) is 5.70 Å². The molecule has 134 valence electrons. The van der Waals surface area contributed by atoms with Crippen LogP contribution in [0.4, 0.5) is 0 Å². The van der Waals surface area contributed by atoms with Gasteiger partial charge in [0, 0.05) is 42.9 Å². The monoisotopic (exact) mass is 359 g/mol. The number of pyridine rings is 1. The highest BCUT2D eigenvalue weighted by atomic mass is 32.2. The Labute approximate surface area is 153 Å². The van der Waals surface area contributed by atoms with Crippen molar-refractivity contribution in [1.29, 1.82) is 0 Å². The molecule has 1 aliphatic carbocycles. The zero-order valence-corrected chi connectivity index (χ0v) is 15.3. The fraction of sp³-hybridized carbons (Fsp3) is 0.526. The predicted octanol–water partition coefficient (Wildman–Crippen LogP) is 2.69. The largest absolute Gasteiger partial charge is 0.336 e. The van der Waals surface area contributed by atoms with Crippen LogP contribution in [0.1, 0.15) is 37.7 Å². The van der Waals surface area contributed by atoms with Gasteiger partial charge < -0.3 is 10.2 Å². The lowest BCUT2D eigenvalue weighted by molar-refractivity contribution is -0.131. The molecule has 0 atom stereocenters. The number of amides is 2. The van der Waals surface area contributed by atoms with Crippen LogP contribution in [0.5, 0.6) is 0 Å². The van der Waals surface area contributed by atoms with Crippen molar-refractivity contribution >= 4 is 29.7 Å². The quantitative estimate of drug-likeness (QED) is 0.840. The van der Waals surface area contributed by atoms with Crippen LogP contribution in [0.3, 0.4) is 0 Å². The first-order chi connectivity index (χ1) is 12.2. The van der Waals surface area contributed by atoms with Crippen LogP contribution in [-0.2, 0) is 9.59 Å². The van der Waals surface area contributed by atoms with E-state index < -0.39 is 0 Å². The number of thioether (sulfide) groups is 1. The SMILES string of the molecule is O=C(N/C(=C/c1cccnc1)C(=O)N1CCSCC1)C1CCCCC1. The van der Waals surface area contributed by atoms with Gasteiger partial charge in [-0.2, -0.15) is 11.8 Å². The maximum Gasteiger partial charge on any atom is 0.270 e. The van der Waals surface area contributed by atoms with Gasteiger partial charge in [0.2, 0.25) is 5.91 Å². The van der Waals surface area contributed by atoms with Crippen LogP contribution in [0.25, 0.3) is 6.08 Å². The van der Waals surface area contributed by atoms with Crippen molar-refractivity contribution < 1.29 is 9.59 Å². The van der Waals surface area contributed by atoms with Crippen LogP contribution in [0, 0.1) is 5.92 Å². The molecule has 1 saturated heterocycles. The van der Waals surface area contributed by atoms with Gasteiger partial charge >= 0.3 is 0 Å². The second-order valence-corrected chi connectivity index (χ2v) is 7.80. The van der Waals surface area contributed by atoms with Crippen molar-refractivity contribution in [3.63, 3.8) is 0 Å². The van der Waals surface area contributed by atoms with Crippen LogP contribution >= 0.6 is 11.8 Å². The Bertz CT molecular complexity index is 621. The molecule has 5 nitrogen and oxygen atoms in total. The second kappa shape index (κ2) is 9.04. The molecule has 0 radical (unpaired) electrons. The molecule has 2 aliphatic rings. The fourth-order valence-corrected chi connectivity index (χ4v) is 4.22. The van der Waals surface area contributed by atoms with E-state index in [1.807, 2.05) is 28.8 Å². The van der Waals surface area contributed by atoms with Crippen molar-refractivity contribution in [3.05, 3.63) is 35.8 Å². The molecule has 2 amide bonds. The minimum atomic E-state index is -0.0895. The summed E-state index contributed by atoms with van der Waals surface area (Å²) in [7, 11) is 0. The zero-order valence-electron chi connectivity index (χ0n) is 14.4. The van der Waals surface area contributed by atoms with Crippen molar-refractivity contribution in [3.8, 4) is 0 Å². The van der Waals surface area contributed by atoms with E-state index in [1.54, 1.807) is 18.5 Å². The molecule has 1 aromatic heterocycles. The average molecular weight is 359 g/mol. The summed E-state index contributed by atoms with van der Waals surface area (Å²) in [6, 6.07) is 3.72. The molecule has 2 heterocycles. The van der Waals surface area contributed by atoms with Gasteiger partial charge in [0.05, 0.1) is 0 Å². The lowest BCUT2D eigenvalue weighted by Crippen LogP contribution is -2.43. The number of hydrogen-bond acceptors (Lipinski definition) is 4. The van der Waals surface area contributed by atoms with Gasteiger partial charge in [0.15, 0.2) is 0 Å². The molecule has 3 rings (SSSR count). The first-order valence-electron chi connectivity index (χ1n) is 9.03. The molecule has 2 fully saturated rings. The Hall–Kier alpha value is -1.82. The normalized spacial score (nSPS) is 19.5. The Morgan fingerprint density at radius 3 is 2.64 bits per heavy atom. The maximum atomic E-state index is 12.9. The standard InChI is InChI=1S/C19H25N3O2S/c23-18(16-6-2-1-3-7-16)21-17(13-15-5-4-8-20-14-15)19(24)22-9-11-25-12-10-22/h4-5,8,13-14,16H,1-3,6-7,9-12H2,(H,21,23)/b17-13+. The zero-order chi connectivity index (χ0) is 17.5. The molecular weight excluding hydrogens is 334 g/mol. The van der Waals surface area contributed by atoms with Gasteiger partial charge in [-0.3, -0.25) is 14.6 Å². The molecule has 1 N–H and O–H groups in total. The smallest absolute Gasteiger partial charge is 0.270 e. The van der Waals surface area contributed by atoms with Crippen molar-refractivity contribution in [2.45, 2.75) is 32.1 Å². The van der Waals surface area contributed by atoms with E-state index in [9.17, 15) is 9.59 Å². The van der Waals surface area contributed by atoms with Gasteiger partial charge in [-0.1, -0.05) is 25.3 Å². The molecule has 1 saturated carbocycles. The van der Waals surface area contributed by atoms with E-state index >= 15 is 0 Å². The molecule has 25 heavy (non-hydrogen) atoms. The number of hydrogen-bond donors (Lipinski definition) is 1. The molecule has 1 aromatic rings. The number of nitrogens with zero attached hydrogens (tertiary/aromatic N) is 2. The third-order valence-electron chi connectivity index (χ3n) is 4.76. The molecule has 0 aromatic carbocycles. The first kappa shape index (κ1) is 18.0. The summed E-state index contributed by atoms with van der Waals surface area (Å²) in [6.45, 7) is 1.46. The Kier molecular flexibility index (Phi) is 6.50.